The fraction of sp³-hybridized carbons (Fsp3) is 0.118. The zero-order chi connectivity index (χ0) is 15.4. The quantitative estimate of drug-likeness (QED) is 0.910. The first-order valence-electron chi connectivity index (χ1n) is 6.96. The molecule has 0 radical (unpaired) electrons. The van der Waals surface area contributed by atoms with E-state index in [-0.39, 0.29) is 12.4 Å². The SMILES string of the molecule is O=C1C(O)=CNC(c2ccccc2)N1OCc1ccccc1. The Morgan fingerprint density at radius 2 is 1.68 bits per heavy atom. The van der Waals surface area contributed by atoms with E-state index in [1.54, 1.807) is 0 Å². The van der Waals surface area contributed by atoms with E-state index >= 15 is 0 Å². The molecule has 1 aliphatic heterocycles. The van der Waals surface area contributed by atoms with Gasteiger partial charge in [-0.3, -0.25) is 9.63 Å². The molecule has 0 aromatic heterocycles. The summed E-state index contributed by atoms with van der Waals surface area (Å²) in [6, 6.07) is 19.0. The van der Waals surface area contributed by atoms with Gasteiger partial charge in [0.1, 0.15) is 6.61 Å². The Morgan fingerprint density at radius 1 is 1.05 bits per heavy atom. The third-order valence-electron chi connectivity index (χ3n) is 3.36. The maximum atomic E-state index is 12.2. The highest BCUT2D eigenvalue weighted by Crippen LogP contribution is 2.24. The van der Waals surface area contributed by atoms with Crippen molar-refractivity contribution in [2.24, 2.45) is 0 Å². The fourth-order valence-electron chi connectivity index (χ4n) is 2.24. The molecule has 0 saturated heterocycles. The van der Waals surface area contributed by atoms with E-state index < -0.39 is 12.1 Å². The molecule has 0 saturated carbocycles. The van der Waals surface area contributed by atoms with E-state index in [2.05, 4.69) is 5.32 Å². The number of hydrogen-bond donors (Lipinski definition) is 2. The molecule has 1 unspecified atom stereocenters. The van der Waals surface area contributed by atoms with Crippen LogP contribution in [0.1, 0.15) is 17.3 Å². The van der Waals surface area contributed by atoms with Crippen LogP contribution in [0.25, 0.3) is 0 Å². The number of carbonyl (C=O) groups excluding carboxylic acids is 1. The number of nitrogens with one attached hydrogen (secondary N) is 1. The van der Waals surface area contributed by atoms with Crippen molar-refractivity contribution in [1.29, 1.82) is 0 Å². The minimum atomic E-state index is -0.566. The van der Waals surface area contributed by atoms with E-state index in [0.717, 1.165) is 16.2 Å². The second kappa shape index (κ2) is 6.32. The van der Waals surface area contributed by atoms with Gasteiger partial charge in [-0.2, -0.15) is 5.06 Å². The Labute approximate surface area is 128 Å². The van der Waals surface area contributed by atoms with Crippen molar-refractivity contribution >= 4 is 5.91 Å². The first kappa shape index (κ1) is 14.2. The van der Waals surface area contributed by atoms with Gasteiger partial charge in [0.05, 0.1) is 0 Å². The van der Waals surface area contributed by atoms with Gasteiger partial charge in [0.2, 0.25) is 0 Å². The molecule has 1 aliphatic rings. The van der Waals surface area contributed by atoms with Gasteiger partial charge < -0.3 is 10.4 Å². The van der Waals surface area contributed by atoms with Crippen molar-refractivity contribution in [1.82, 2.24) is 10.4 Å². The Bertz CT molecular complexity index is 671. The first-order valence-corrected chi connectivity index (χ1v) is 6.96. The van der Waals surface area contributed by atoms with Crippen molar-refractivity contribution in [3.63, 3.8) is 0 Å². The van der Waals surface area contributed by atoms with Crippen LogP contribution >= 0.6 is 0 Å². The third kappa shape index (κ3) is 2.94. The van der Waals surface area contributed by atoms with Crippen molar-refractivity contribution in [2.45, 2.75) is 12.8 Å². The average molecular weight is 296 g/mol. The molecule has 0 fully saturated rings. The molecule has 22 heavy (non-hydrogen) atoms. The normalized spacial score (nSPS) is 17.8. The summed E-state index contributed by atoms with van der Waals surface area (Å²) in [4.78, 5) is 17.8. The number of benzene rings is 2. The molecule has 2 aromatic carbocycles. The lowest BCUT2D eigenvalue weighted by Gasteiger charge is -2.33. The molecule has 112 valence electrons. The second-order valence-corrected chi connectivity index (χ2v) is 4.90. The zero-order valence-electron chi connectivity index (χ0n) is 11.8. The molecular formula is C17H16N2O3. The Hall–Kier alpha value is -2.79. The lowest BCUT2D eigenvalue weighted by molar-refractivity contribution is -0.211. The van der Waals surface area contributed by atoms with Crippen LogP contribution in [0.5, 0.6) is 0 Å². The van der Waals surface area contributed by atoms with Gasteiger partial charge in [-0.05, 0) is 11.1 Å². The first-order chi connectivity index (χ1) is 10.8. The van der Waals surface area contributed by atoms with Gasteiger partial charge in [0.15, 0.2) is 11.9 Å². The van der Waals surface area contributed by atoms with E-state index in [4.69, 9.17) is 4.84 Å². The molecule has 3 rings (SSSR count). The van der Waals surface area contributed by atoms with Crippen molar-refractivity contribution in [2.75, 3.05) is 0 Å². The number of amides is 1. The number of rotatable bonds is 4. The highest BCUT2D eigenvalue weighted by atomic mass is 16.7. The van der Waals surface area contributed by atoms with E-state index in [0.29, 0.717) is 0 Å². The Kier molecular flexibility index (Phi) is 4.07. The molecule has 5 heteroatoms. The fourth-order valence-corrected chi connectivity index (χ4v) is 2.24. The summed E-state index contributed by atoms with van der Waals surface area (Å²) in [5, 5.41) is 13.8. The van der Waals surface area contributed by atoms with Crippen LogP contribution in [-0.4, -0.2) is 16.1 Å². The Balaban J connectivity index is 1.81. The molecule has 0 bridgehead atoms. The largest absolute Gasteiger partial charge is 0.502 e. The maximum Gasteiger partial charge on any atom is 0.316 e. The minimum Gasteiger partial charge on any atom is -0.502 e. The summed E-state index contributed by atoms with van der Waals surface area (Å²) in [6.07, 6.45) is 0.816. The van der Waals surface area contributed by atoms with Crippen molar-refractivity contribution < 1.29 is 14.7 Å². The zero-order valence-corrected chi connectivity index (χ0v) is 11.8. The molecule has 1 amide bonds. The molecule has 5 nitrogen and oxygen atoms in total. The predicted molar refractivity (Wildman–Crippen MR) is 81.1 cm³/mol. The standard InChI is InChI=1S/C17H16N2O3/c20-15-11-18-16(14-9-5-2-6-10-14)19(17(15)21)22-12-13-7-3-1-4-8-13/h1-11,16,18,20H,12H2. The van der Waals surface area contributed by atoms with Crippen molar-refractivity contribution in [3.05, 3.63) is 83.7 Å². The van der Waals surface area contributed by atoms with Gasteiger partial charge in [-0.15, -0.1) is 0 Å². The number of hydrogen-bond acceptors (Lipinski definition) is 4. The van der Waals surface area contributed by atoms with Crippen LogP contribution in [0, 0.1) is 0 Å². The molecule has 1 atom stereocenters. The van der Waals surface area contributed by atoms with Gasteiger partial charge in [-0.1, -0.05) is 60.7 Å². The van der Waals surface area contributed by atoms with Crippen LogP contribution in [-0.2, 0) is 16.2 Å². The minimum absolute atomic E-state index is 0.241. The molecule has 0 spiro atoms. The number of carbonyl (C=O) groups is 1. The van der Waals surface area contributed by atoms with Gasteiger partial charge >= 0.3 is 5.91 Å². The molecule has 2 N–H and O–H groups in total. The molecule has 1 heterocycles. The molecular weight excluding hydrogens is 280 g/mol. The monoisotopic (exact) mass is 296 g/mol. The number of aliphatic hydroxyl groups excluding tert-OH is 1. The third-order valence-corrected chi connectivity index (χ3v) is 3.36. The van der Waals surface area contributed by atoms with Gasteiger partial charge in [0.25, 0.3) is 0 Å². The lowest BCUT2D eigenvalue weighted by atomic mass is 10.1. The van der Waals surface area contributed by atoms with E-state index in [1.165, 1.54) is 6.20 Å². The number of aliphatic hydroxyl groups is 1. The predicted octanol–water partition coefficient (Wildman–Crippen LogP) is 2.65. The summed E-state index contributed by atoms with van der Waals surface area (Å²) in [5.74, 6) is -0.941. The second-order valence-electron chi connectivity index (χ2n) is 4.90. The van der Waals surface area contributed by atoms with Crippen LogP contribution in [0.2, 0.25) is 0 Å². The summed E-state index contributed by atoms with van der Waals surface area (Å²) in [7, 11) is 0. The summed E-state index contributed by atoms with van der Waals surface area (Å²) >= 11 is 0. The average Bonchev–Trinajstić information content (AvgIpc) is 2.58. The van der Waals surface area contributed by atoms with Gasteiger partial charge in [-0.25, -0.2) is 0 Å². The lowest BCUT2D eigenvalue weighted by Crippen LogP contribution is -2.45. The van der Waals surface area contributed by atoms with Crippen LogP contribution in [0.3, 0.4) is 0 Å². The highest BCUT2D eigenvalue weighted by molar-refractivity contribution is 5.91. The van der Waals surface area contributed by atoms with Crippen LogP contribution in [0.15, 0.2) is 72.6 Å². The van der Waals surface area contributed by atoms with Crippen molar-refractivity contribution in [3.8, 4) is 0 Å². The Morgan fingerprint density at radius 3 is 2.36 bits per heavy atom. The number of nitrogens with zero attached hydrogens (tertiary/aromatic N) is 1. The maximum absolute atomic E-state index is 12.2. The van der Waals surface area contributed by atoms with Crippen LogP contribution in [0.4, 0.5) is 0 Å². The van der Waals surface area contributed by atoms with Crippen LogP contribution < -0.4 is 5.32 Å². The summed E-state index contributed by atoms with van der Waals surface area (Å²) < 4.78 is 0. The molecule has 2 aromatic rings. The topological polar surface area (TPSA) is 61.8 Å². The highest BCUT2D eigenvalue weighted by Gasteiger charge is 2.32. The van der Waals surface area contributed by atoms with E-state index in [9.17, 15) is 9.90 Å². The number of hydroxylamine groups is 2. The summed E-state index contributed by atoms with van der Waals surface area (Å²) in [6.45, 7) is 0.241. The smallest absolute Gasteiger partial charge is 0.316 e. The molecule has 0 aliphatic carbocycles. The summed E-state index contributed by atoms with van der Waals surface area (Å²) in [5.41, 5.74) is 1.81. The van der Waals surface area contributed by atoms with E-state index in [1.807, 2.05) is 60.7 Å². The van der Waals surface area contributed by atoms with Gasteiger partial charge in [0, 0.05) is 6.20 Å².